The van der Waals surface area contributed by atoms with E-state index in [1.54, 1.807) is 4.68 Å². The fourth-order valence-corrected chi connectivity index (χ4v) is 2.36. The monoisotopic (exact) mass is 265 g/mol. The lowest BCUT2D eigenvalue weighted by atomic mass is 10.0. The highest BCUT2D eigenvalue weighted by atomic mass is 16.5. The van der Waals surface area contributed by atoms with Gasteiger partial charge in [-0.15, -0.1) is 0 Å². The smallest absolute Gasteiger partial charge is 0.241 e. The minimum Gasteiger partial charge on any atom is -0.381 e. The van der Waals surface area contributed by atoms with Crippen LogP contribution < -0.4 is 5.32 Å². The highest BCUT2D eigenvalue weighted by Gasteiger charge is 2.15. The van der Waals surface area contributed by atoms with E-state index in [9.17, 15) is 4.79 Å². The number of ether oxygens (including phenoxy) is 1. The molecule has 1 amide bonds. The minimum atomic E-state index is 0.0242. The minimum absolute atomic E-state index is 0.0242. The maximum absolute atomic E-state index is 11.9. The summed E-state index contributed by atoms with van der Waals surface area (Å²) >= 11 is 0. The average molecular weight is 265 g/mol. The van der Waals surface area contributed by atoms with Crippen LogP contribution in [-0.4, -0.2) is 35.4 Å². The lowest BCUT2D eigenvalue weighted by Crippen LogP contribution is -2.35. The molecule has 1 aliphatic rings. The SMILES string of the molecule is Cc1nn(CC(=O)NCC2CCCOC2)c(C)c1C. The fraction of sp³-hybridized carbons (Fsp3) is 0.714. The highest BCUT2D eigenvalue weighted by molar-refractivity contribution is 5.75. The summed E-state index contributed by atoms with van der Waals surface area (Å²) in [7, 11) is 0. The van der Waals surface area contributed by atoms with Gasteiger partial charge in [-0.1, -0.05) is 0 Å². The number of rotatable bonds is 4. The van der Waals surface area contributed by atoms with Crippen LogP contribution in [-0.2, 0) is 16.1 Å². The molecule has 1 unspecified atom stereocenters. The lowest BCUT2D eigenvalue weighted by Gasteiger charge is -2.22. The molecule has 1 fully saturated rings. The molecule has 0 aromatic carbocycles. The predicted molar refractivity (Wildman–Crippen MR) is 73.0 cm³/mol. The molecule has 1 N–H and O–H groups in total. The van der Waals surface area contributed by atoms with Crippen molar-refractivity contribution in [2.24, 2.45) is 5.92 Å². The molecule has 2 rings (SSSR count). The van der Waals surface area contributed by atoms with Crippen LogP contribution in [0, 0.1) is 26.7 Å². The number of aromatic nitrogens is 2. The molecule has 0 radical (unpaired) electrons. The first kappa shape index (κ1) is 14.1. The van der Waals surface area contributed by atoms with Gasteiger partial charge in [0.25, 0.3) is 0 Å². The number of hydrogen-bond acceptors (Lipinski definition) is 3. The molecular weight excluding hydrogens is 242 g/mol. The number of carbonyl (C=O) groups excluding carboxylic acids is 1. The number of hydrogen-bond donors (Lipinski definition) is 1. The molecule has 1 aromatic rings. The number of carbonyl (C=O) groups is 1. The third-order valence-electron chi connectivity index (χ3n) is 3.88. The summed E-state index contributed by atoms with van der Waals surface area (Å²) in [5.41, 5.74) is 3.22. The van der Waals surface area contributed by atoms with Crippen molar-refractivity contribution in [2.45, 2.75) is 40.2 Å². The molecule has 0 saturated carbocycles. The normalized spacial score (nSPS) is 19.4. The van der Waals surface area contributed by atoms with Gasteiger partial charge in [0.2, 0.25) is 5.91 Å². The number of nitrogens with one attached hydrogen (secondary N) is 1. The Morgan fingerprint density at radius 3 is 2.84 bits per heavy atom. The van der Waals surface area contributed by atoms with E-state index in [4.69, 9.17) is 4.74 Å². The van der Waals surface area contributed by atoms with Gasteiger partial charge in [0.15, 0.2) is 0 Å². The average Bonchev–Trinajstić information content (AvgIpc) is 2.65. The van der Waals surface area contributed by atoms with Crippen LogP contribution in [0.3, 0.4) is 0 Å². The van der Waals surface area contributed by atoms with Crippen molar-refractivity contribution in [1.29, 1.82) is 0 Å². The highest BCUT2D eigenvalue weighted by Crippen LogP contribution is 2.12. The molecule has 5 nitrogen and oxygen atoms in total. The third-order valence-corrected chi connectivity index (χ3v) is 3.88. The van der Waals surface area contributed by atoms with Gasteiger partial charge in [0.1, 0.15) is 6.54 Å². The van der Waals surface area contributed by atoms with Crippen LogP contribution in [0.1, 0.15) is 29.8 Å². The van der Waals surface area contributed by atoms with Crippen molar-refractivity contribution in [3.05, 3.63) is 17.0 Å². The standard InChI is InChI=1S/C14H23N3O2/c1-10-11(2)16-17(12(10)3)8-14(18)15-7-13-5-4-6-19-9-13/h13H,4-9H2,1-3H3,(H,15,18). The summed E-state index contributed by atoms with van der Waals surface area (Å²) in [6, 6.07) is 0. The first-order valence-corrected chi connectivity index (χ1v) is 6.93. The van der Waals surface area contributed by atoms with E-state index in [1.165, 1.54) is 0 Å². The number of nitrogens with zero attached hydrogens (tertiary/aromatic N) is 2. The van der Waals surface area contributed by atoms with Crippen LogP contribution >= 0.6 is 0 Å². The third kappa shape index (κ3) is 3.56. The summed E-state index contributed by atoms with van der Waals surface area (Å²) in [4.78, 5) is 11.9. The first-order chi connectivity index (χ1) is 9.08. The van der Waals surface area contributed by atoms with E-state index in [-0.39, 0.29) is 5.91 Å². The Hall–Kier alpha value is -1.36. The van der Waals surface area contributed by atoms with E-state index < -0.39 is 0 Å². The largest absolute Gasteiger partial charge is 0.381 e. The molecule has 1 aliphatic heterocycles. The molecule has 5 heteroatoms. The van der Waals surface area contributed by atoms with Crippen LogP contribution in [0.4, 0.5) is 0 Å². The van der Waals surface area contributed by atoms with Gasteiger partial charge in [-0.2, -0.15) is 5.10 Å². The van der Waals surface area contributed by atoms with E-state index >= 15 is 0 Å². The molecular formula is C14H23N3O2. The van der Waals surface area contributed by atoms with Gasteiger partial charge in [0.05, 0.1) is 12.3 Å². The Kier molecular flexibility index (Phi) is 4.58. The van der Waals surface area contributed by atoms with Gasteiger partial charge < -0.3 is 10.1 Å². The maximum atomic E-state index is 11.9. The molecule has 1 saturated heterocycles. The van der Waals surface area contributed by atoms with E-state index in [2.05, 4.69) is 10.4 Å². The molecule has 1 atom stereocenters. The van der Waals surface area contributed by atoms with Crippen molar-refractivity contribution < 1.29 is 9.53 Å². The zero-order valence-electron chi connectivity index (χ0n) is 12.0. The zero-order valence-corrected chi connectivity index (χ0v) is 12.0. The Bertz CT molecular complexity index is 448. The fourth-order valence-electron chi connectivity index (χ4n) is 2.36. The summed E-state index contributed by atoms with van der Waals surface area (Å²) in [5.74, 6) is 0.482. The molecule has 0 bridgehead atoms. The van der Waals surface area contributed by atoms with Crippen LogP contribution in [0.15, 0.2) is 0 Å². The van der Waals surface area contributed by atoms with E-state index in [0.717, 1.165) is 43.0 Å². The second kappa shape index (κ2) is 6.19. The summed E-state index contributed by atoms with van der Waals surface area (Å²) in [5, 5.41) is 7.35. The number of aryl methyl sites for hydroxylation is 1. The van der Waals surface area contributed by atoms with Gasteiger partial charge in [-0.25, -0.2) is 0 Å². The second-order valence-corrected chi connectivity index (χ2v) is 5.34. The molecule has 2 heterocycles. The zero-order chi connectivity index (χ0) is 13.8. The van der Waals surface area contributed by atoms with Gasteiger partial charge >= 0.3 is 0 Å². The molecule has 0 aliphatic carbocycles. The van der Waals surface area contributed by atoms with Crippen molar-refractivity contribution >= 4 is 5.91 Å². The Morgan fingerprint density at radius 2 is 2.26 bits per heavy atom. The van der Waals surface area contributed by atoms with Gasteiger partial charge in [-0.05, 0) is 45.1 Å². The van der Waals surface area contributed by atoms with Gasteiger partial charge in [-0.3, -0.25) is 9.48 Å². The van der Waals surface area contributed by atoms with Crippen molar-refractivity contribution in [2.75, 3.05) is 19.8 Å². The van der Waals surface area contributed by atoms with Crippen LogP contribution in [0.5, 0.6) is 0 Å². The van der Waals surface area contributed by atoms with Crippen molar-refractivity contribution in [1.82, 2.24) is 15.1 Å². The topological polar surface area (TPSA) is 56.2 Å². The summed E-state index contributed by atoms with van der Waals surface area (Å²) in [6.07, 6.45) is 2.23. The van der Waals surface area contributed by atoms with Gasteiger partial charge in [0, 0.05) is 18.8 Å². The Balaban J connectivity index is 1.82. The molecule has 0 spiro atoms. The van der Waals surface area contributed by atoms with E-state index in [0.29, 0.717) is 19.0 Å². The Morgan fingerprint density at radius 1 is 1.47 bits per heavy atom. The first-order valence-electron chi connectivity index (χ1n) is 6.93. The maximum Gasteiger partial charge on any atom is 0.241 e. The second-order valence-electron chi connectivity index (χ2n) is 5.34. The quantitative estimate of drug-likeness (QED) is 0.894. The number of amides is 1. The molecule has 106 valence electrons. The van der Waals surface area contributed by atoms with Crippen molar-refractivity contribution in [3.63, 3.8) is 0 Å². The lowest BCUT2D eigenvalue weighted by molar-refractivity contribution is -0.122. The predicted octanol–water partition coefficient (Wildman–Crippen LogP) is 1.35. The van der Waals surface area contributed by atoms with E-state index in [1.807, 2.05) is 20.8 Å². The van der Waals surface area contributed by atoms with Crippen LogP contribution in [0.25, 0.3) is 0 Å². The molecule has 1 aromatic heterocycles. The summed E-state index contributed by atoms with van der Waals surface area (Å²) < 4.78 is 7.18. The molecule has 19 heavy (non-hydrogen) atoms. The Labute approximate surface area is 114 Å². The van der Waals surface area contributed by atoms with Crippen molar-refractivity contribution in [3.8, 4) is 0 Å². The summed E-state index contributed by atoms with van der Waals surface area (Å²) in [6.45, 7) is 8.62. The van der Waals surface area contributed by atoms with Crippen LogP contribution in [0.2, 0.25) is 0 Å².